The van der Waals surface area contributed by atoms with Gasteiger partial charge in [-0.3, -0.25) is 19.3 Å². The van der Waals surface area contributed by atoms with Gasteiger partial charge in [0.05, 0.1) is 13.2 Å². The van der Waals surface area contributed by atoms with Crippen LogP contribution in [0.2, 0.25) is 5.02 Å². The Morgan fingerprint density at radius 1 is 1.05 bits per heavy atom. The molecule has 0 aromatic heterocycles. The average Bonchev–Trinajstić information content (AvgIpc) is 3.47. The van der Waals surface area contributed by atoms with E-state index in [-0.39, 0.29) is 54.7 Å². The van der Waals surface area contributed by atoms with Gasteiger partial charge in [0, 0.05) is 43.2 Å². The van der Waals surface area contributed by atoms with E-state index in [1.54, 1.807) is 12.1 Å². The fraction of sp³-hybridized carbons (Fsp3) is 0.545. The Hall–Kier alpha value is -2.36. The van der Waals surface area contributed by atoms with Crippen molar-refractivity contribution in [1.82, 2.24) is 20.4 Å². The standard InChI is InChI=1S/C33H43ClN4O4.2ClH/c1-3-37(27-19-30(33(41)42-2)38(21-27)26-11-5-4-6-12-26)32(40)29(17-22-13-15-25(34)16-14-22)36-31(39)28-18-23-9-7-8-10-24(23)20-35-28;;/h7-10,13-16,26-30,35H,3-6,11-12,17-21H2,1-2H3,(H,36,39);2*1H/t27-,28+,29+,30-;;/m0../s1. The zero-order chi connectivity index (χ0) is 29.6. The number of carbonyl (C=O) groups excluding carboxylic acids is 3. The van der Waals surface area contributed by atoms with Crippen molar-refractivity contribution in [1.29, 1.82) is 0 Å². The van der Waals surface area contributed by atoms with Crippen molar-refractivity contribution in [3.05, 3.63) is 70.2 Å². The van der Waals surface area contributed by atoms with E-state index in [0.29, 0.717) is 50.0 Å². The number of hydrogen-bond acceptors (Lipinski definition) is 6. The van der Waals surface area contributed by atoms with Gasteiger partial charge in [0.1, 0.15) is 12.1 Å². The maximum atomic E-state index is 14.3. The van der Waals surface area contributed by atoms with Crippen LogP contribution in [0.25, 0.3) is 0 Å². The number of likely N-dealkylation sites (N-methyl/N-ethyl adjacent to an activating group) is 1. The Balaban J connectivity index is 0.00000264. The highest BCUT2D eigenvalue weighted by Crippen LogP contribution is 2.32. The van der Waals surface area contributed by atoms with Crippen LogP contribution in [0.5, 0.6) is 0 Å². The number of benzene rings is 2. The molecule has 0 unspecified atom stereocenters. The second kappa shape index (κ2) is 16.8. The SMILES string of the molecule is CCN(C(=O)[C@@H](Cc1ccc(Cl)cc1)NC(=O)[C@H]1Cc2ccccc2CN1)[C@H]1C[C@@H](C(=O)OC)N(C2CCCCC2)C1.Cl.Cl. The van der Waals surface area contributed by atoms with Crippen molar-refractivity contribution >= 4 is 54.2 Å². The minimum atomic E-state index is -0.752. The number of amides is 2. The number of rotatable bonds is 9. The number of methoxy groups -OCH3 is 1. The molecule has 1 saturated carbocycles. The number of ether oxygens (including phenoxy) is 1. The Kier molecular flexibility index (Phi) is 13.8. The molecule has 5 rings (SSSR count). The lowest BCUT2D eigenvalue weighted by Crippen LogP contribution is -2.57. The summed E-state index contributed by atoms with van der Waals surface area (Å²) >= 11 is 6.13. The number of nitrogens with zero attached hydrogens (tertiary/aromatic N) is 2. The van der Waals surface area contributed by atoms with Crippen LogP contribution < -0.4 is 10.6 Å². The minimum absolute atomic E-state index is 0. The van der Waals surface area contributed by atoms with Gasteiger partial charge < -0.3 is 20.3 Å². The third-order valence-corrected chi connectivity index (χ3v) is 9.52. The normalized spacial score (nSPS) is 22.5. The molecule has 8 nitrogen and oxygen atoms in total. The van der Waals surface area contributed by atoms with Gasteiger partial charge in [-0.25, -0.2) is 0 Å². The molecule has 0 radical (unpaired) electrons. The maximum Gasteiger partial charge on any atom is 0.323 e. The van der Waals surface area contributed by atoms with Crippen LogP contribution in [-0.2, 0) is 38.5 Å². The van der Waals surface area contributed by atoms with Gasteiger partial charge in [-0.15, -0.1) is 24.8 Å². The van der Waals surface area contributed by atoms with Gasteiger partial charge in [0.15, 0.2) is 0 Å². The predicted molar refractivity (Wildman–Crippen MR) is 178 cm³/mol. The molecule has 1 aliphatic carbocycles. The lowest BCUT2D eigenvalue weighted by atomic mass is 9.94. The Morgan fingerprint density at radius 3 is 2.39 bits per heavy atom. The Bertz CT molecular complexity index is 1260. The summed E-state index contributed by atoms with van der Waals surface area (Å²) in [5, 5.41) is 7.07. The van der Waals surface area contributed by atoms with E-state index in [2.05, 4.69) is 27.7 Å². The van der Waals surface area contributed by atoms with Crippen LogP contribution in [0.4, 0.5) is 0 Å². The zero-order valence-corrected chi connectivity index (χ0v) is 27.9. The second-order valence-electron chi connectivity index (χ2n) is 11.8. The number of fused-ring (bicyclic) bond motifs is 1. The van der Waals surface area contributed by atoms with Crippen molar-refractivity contribution < 1.29 is 19.1 Å². The fourth-order valence-electron chi connectivity index (χ4n) is 7.01. The highest BCUT2D eigenvalue weighted by Gasteiger charge is 2.45. The van der Waals surface area contributed by atoms with Gasteiger partial charge >= 0.3 is 5.97 Å². The lowest BCUT2D eigenvalue weighted by Gasteiger charge is -2.35. The summed E-state index contributed by atoms with van der Waals surface area (Å²) in [6.45, 7) is 3.69. The summed E-state index contributed by atoms with van der Waals surface area (Å²) in [6.07, 6.45) is 7.12. The summed E-state index contributed by atoms with van der Waals surface area (Å²) in [5.41, 5.74) is 3.25. The molecule has 3 aliphatic rings. The monoisotopic (exact) mass is 666 g/mol. The van der Waals surface area contributed by atoms with Gasteiger partial charge in [-0.1, -0.05) is 67.3 Å². The smallest absolute Gasteiger partial charge is 0.323 e. The third kappa shape index (κ3) is 8.46. The number of nitrogens with one attached hydrogen (secondary N) is 2. The Morgan fingerprint density at radius 2 is 1.73 bits per heavy atom. The van der Waals surface area contributed by atoms with E-state index in [9.17, 15) is 14.4 Å². The molecule has 2 amide bonds. The van der Waals surface area contributed by atoms with Gasteiger partial charge in [-0.2, -0.15) is 0 Å². The van der Waals surface area contributed by atoms with Gasteiger partial charge in [-0.05, 0) is 61.4 Å². The first-order valence-electron chi connectivity index (χ1n) is 15.4. The molecule has 2 aliphatic heterocycles. The first-order chi connectivity index (χ1) is 20.4. The number of hydrogen-bond donors (Lipinski definition) is 2. The van der Waals surface area contributed by atoms with E-state index in [4.69, 9.17) is 16.3 Å². The summed E-state index contributed by atoms with van der Waals surface area (Å²) in [6, 6.07) is 14.2. The molecule has 0 bridgehead atoms. The summed E-state index contributed by atoms with van der Waals surface area (Å²) in [5.74, 6) is -0.548. The van der Waals surface area contributed by atoms with Crippen LogP contribution in [0.1, 0.15) is 62.1 Å². The molecule has 2 fully saturated rings. The molecule has 0 spiro atoms. The van der Waals surface area contributed by atoms with Crippen molar-refractivity contribution in [2.75, 3.05) is 20.2 Å². The fourth-order valence-corrected chi connectivity index (χ4v) is 7.14. The Labute approximate surface area is 278 Å². The topological polar surface area (TPSA) is 91.0 Å². The molecular formula is C33H45Cl3N4O4. The van der Waals surface area contributed by atoms with Crippen molar-refractivity contribution in [2.45, 2.75) is 95.0 Å². The summed E-state index contributed by atoms with van der Waals surface area (Å²) < 4.78 is 5.20. The van der Waals surface area contributed by atoms with Crippen molar-refractivity contribution in [3.8, 4) is 0 Å². The molecule has 242 valence electrons. The molecule has 4 atom stereocenters. The molecular weight excluding hydrogens is 623 g/mol. The third-order valence-electron chi connectivity index (χ3n) is 9.26. The summed E-state index contributed by atoms with van der Waals surface area (Å²) in [4.78, 5) is 44.9. The number of halogens is 3. The molecule has 2 aromatic rings. The van der Waals surface area contributed by atoms with Crippen molar-refractivity contribution in [2.24, 2.45) is 0 Å². The summed E-state index contributed by atoms with van der Waals surface area (Å²) in [7, 11) is 1.44. The van der Waals surface area contributed by atoms with E-state index in [1.165, 1.54) is 19.1 Å². The van der Waals surface area contributed by atoms with Gasteiger partial charge in [0.2, 0.25) is 11.8 Å². The van der Waals surface area contributed by atoms with Crippen LogP contribution in [0, 0.1) is 0 Å². The van der Waals surface area contributed by atoms with Crippen LogP contribution in [0.3, 0.4) is 0 Å². The number of esters is 1. The van der Waals surface area contributed by atoms with Crippen LogP contribution in [-0.4, -0.2) is 78.0 Å². The van der Waals surface area contributed by atoms with Crippen molar-refractivity contribution in [3.63, 3.8) is 0 Å². The highest BCUT2D eigenvalue weighted by molar-refractivity contribution is 6.30. The molecule has 11 heteroatoms. The molecule has 1 saturated heterocycles. The quantitative estimate of drug-likeness (QED) is 0.377. The first kappa shape index (κ1) is 36.1. The predicted octanol–water partition coefficient (Wildman–Crippen LogP) is 4.72. The van der Waals surface area contributed by atoms with Gasteiger partial charge in [0.25, 0.3) is 0 Å². The molecule has 2 heterocycles. The van der Waals surface area contributed by atoms with E-state index < -0.39 is 12.1 Å². The molecule has 44 heavy (non-hydrogen) atoms. The first-order valence-corrected chi connectivity index (χ1v) is 15.7. The van der Waals surface area contributed by atoms with E-state index in [1.807, 2.05) is 36.1 Å². The van der Waals surface area contributed by atoms with Crippen LogP contribution >= 0.6 is 36.4 Å². The molecule has 2 N–H and O–H groups in total. The van der Waals surface area contributed by atoms with E-state index in [0.717, 1.165) is 36.8 Å². The number of carbonyl (C=O) groups is 3. The second-order valence-corrected chi connectivity index (χ2v) is 12.3. The highest BCUT2D eigenvalue weighted by atomic mass is 35.5. The van der Waals surface area contributed by atoms with Crippen LogP contribution in [0.15, 0.2) is 48.5 Å². The maximum absolute atomic E-state index is 14.3. The van der Waals surface area contributed by atoms with E-state index >= 15 is 0 Å². The average molecular weight is 668 g/mol. The zero-order valence-electron chi connectivity index (χ0n) is 25.5. The largest absolute Gasteiger partial charge is 0.468 e. The minimum Gasteiger partial charge on any atom is -0.468 e. The lowest BCUT2D eigenvalue weighted by molar-refractivity contribution is -0.147. The number of likely N-dealkylation sites (tertiary alicyclic amines) is 1. The molecule has 2 aromatic carbocycles.